The molecule has 0 spiro atoms. The number of carbonyl (C=O) groups excluding carboxylic acids is 1. The molecule has 0 heterocycles. The Labute approximate surface area is 74.5 Å². The Morgan fingerprint density at radius 2 is 2.17 bits per heavy atom. The Hall–Kier alpha value is -1.07. The second-order valence-electron chi connectivity index (χ2n) is 2.94. The van der Waals surface area contributed by atoms with Crippen LogP contribution in [0, 0.1) is 5.92 Å². The maximum absolute atomic E-state index is 10.7. The molecule has 0 rings (SSSR count). The molecule has 1 heteroatoms. The maximum Gasteiger partial charge on any atom is 0.129 e. The van der Waals surface area contributed by atoms with Crippen LogP contribution in [0.3, 0.4) is 0 Å². The van der Waals surface area contributed by atoms with Gasteiger partial charge in [0.2, 0.25) is 0 Å². The Morgan fingerprint density at radius 1 is 1.58 bits per heavy atom. The average Bonchev–Trinajstić information content (AvgIpc) is 2.04. The van der Waals surface area contributed by atoms with Crippen molar-refractivity contribution in [1.82, 2.24) is 0 Å². The summed E-state index contributed by atoms with van der Waals surface area (Å²) in [7, 11) is 0. The number of carbonyl (C=O) groups is 1. The minimum Gasteiger partial charge on any atom is -0.300 e. The van der Waals surface area contributed by atoms with Crippen molar-refractivity contribution in [2.24, 2.45) is 5.92 Å². The summed E-state index contributed by atoms with van der Waals surface area (Å²) in [6.07, 6.45) is 3.28. The SMILES string of the molecule is C=C=C(C)C(C=C)CCC(C)=O. The minimum absolute atomic E-state index is 0.221. The van der Waals surface area contributed by atoms with Crippen molar-refractivity contribution in [3.63, 3.8) is 0 Å². The molecule has 0 aliphatic heterocycles. The number of hydrogen-bond acceptors (Lipinski definition) is 1. The smallest absolute Gasteiger partial charge is 0.129 e. The van der Waals surface area contributed by atoms with Gasteiger partial charge in [-0.3, -0.25) is 0 Å². The molecule has 12 heavy (non-hydrogen) atoms. The van der Waals surface area contributed by atoms with Gasteiger partial charge in [-0.05, 0) is 25.8 Å². The first-order valence-electron chi connectivity index (χ1n) is 4.10. The van der Waals surface area contributed by atoms with E-state index in [1.165, 1.54) is 0 Å². The van der Waals surface area contributed by atoms with Gasteiger partial charge in [-0.15, -0.1) is 12.3 Å². The van der Waals surface area contributed by atoms with Crippen LogP contribution in [-0.4, -0.2) is 5.78 Å². The Kier molecular flexibility index (Phi) is 5.07. The Bertz CT molecular complexity index is 219. The minimum atomic E-state index is 0.221. The molecule has 0 aliphatic rings. The highest BCUT2D eigenvalue weighted by Gasteiger charge is 2.06. The standard InChI is InChI=1S/C11H16O/c1-5-9(3)11(6-2)8-7-10(4)12/h6,11H,1-2,7-8H2,3-4H3. The molecule has 0 fully saturated rings. The first-order valence-corrected chi connectivity index (χ1v) is 4.10. The molecule has 1 nitrogen and oxygen atoms in total. The van der Waals surface area contributed by atoms with E-state index in [-0.39, 0.29) is 11.7 Å². The van der Waals surface area contributed by atoms with Gasteiger partial charge in [0.1, 0.15) is 5.78 Å². The molecule has 0 bridgehead atoms. The fraction of sp³-hybridized carbons (Fsp3) is 0.455. The normalized spacial score (nSPS) is 11.5. The van der Waals surface area contributed by atoms with Gasteiger partial charge in [-0.1, -0.05) is 12.7 Å². The van der Waals surface area contributed by atoms with E-state index in [1.807, 2.05) is 13.0 Å². The van der Waals surface area contributed by atoms with Crippen molar-refractivity contribution in [3.05, 3.63) is 30.5 Å². The summed E-state index contributed by atoms with van der Waals surface area (Å²) in [5.41, 5.74) is 3.89. The third-order valence-electron chi connectivity index (χ3n) is 1.93. The van der Waals surface area contributed by atoms with Crippen LogP contribution < -0.4 is 0 Å². The van der Waals surface area contributed by atoms with Gasteiger partial charge in [0.05, 0.1) is 0 Å². The maximum atomic E-state index is 10.7. The van der Waals surface area contributed by atoms with Gasteiger partial charge < -0.3 is 4.79 Å². The van der Waals surface area contributed by atoms with E-state index in [0.717, 1.165) is 12.0 Å². The van der Waals surface area contributed by atoms with Crippen molar-refractivity contribution in [2.45, 2.75) is 26.7 Å². The number of rotatable bonds is 5. The van der Waals surface area contributed by atoms with Crippen molar-refractivity contribution in [3.8, 4) is 0 Å². The summed E-state index contributed by atoms with van der Waals surface area (Å²) in [6, 6.07) is 0. The molecule has 0 aromatic carbocycles. The lowest BCUT2D eigenvalue weighted by Crippen LogP contribution is -2.00. The highest BCUT2D eigenvalue weighted by Crippen LogP contribution is 2.16. The lowest BCUT2D eigenvalue weighted by molar-refractivity contribution is -0.117. The Balaban J connectivity index is 4.09. The number of hydrogen-bond donors (Lipinski definition) is 0. The molecule has 0 aliphatic carbocycles. The Morgan fingerprint density at radius 3 is 2.50 bits per heavy atom. The van der Waals surface area contributed by atoms with E-state index in [0.29, 0.717) is 6.42 Å². The van der Waals surface area contributed by atoms with Crippen molar-refractivity contribution in [2.75, 3.05) is 0 Å². The first kappa shape index (κ1) is 10.9. The van der Waals surface area contributed by atoms with E-state index in [4.69, 9.17) is 0 Å². The van der Waals surface area contributed by atoms with Gasteiger partial charge in [-0.2, -0.15) is 0 Å². The molecule has 0 aromatic rings. The van der Waals surface area contributed by atoms with Crippen LogP contribution in [0.5, 0.6) is 0 Å². The van der Waals surface area contributed by atoms with Crippen LogP contribution in [0.15, 0.2) is 30.5 Å². The lowest BCUT2D eigenvalue weighted by atomic mass is 9.95. The average molecular weight is 164 g/mol. The molecule has 1 atom stereocenters. The van der Waals surface area contributed by atoms with Crippen LogP contribution in [0.1, 0.15) is 26.7 Å². The van der Waals surface area contributed by atoms with Gasteiger partial charge >= 0.3 is 0 Å². The third kappa shape index (κ3) is 3.95. The first-order chi connectivity index (χ1) is 5.61. The zero-order chi connectivity index (χ0) is 9.56. The van der Waals surface area contributed by atoms with E-state index in [9.17, 15) is 4.79 Å². The van der Waals surface area contributed by atoms with Crippen molar-refractivity contribution < 1.29 is 4.79 Å². The van der Waals surface area contributed by atoms with Crippen molar-refractivity contribution >= 4 is 5.78 Å². The fourth-order valence-electron chi connectivity index (χ4n) is 1.00. The quantitative estimate of drug-likeness (QED) is 0.451. The number of Topliss-reactive ketones (excluding diaryl/α,β-unsaturated/α-hetero) is 1. The second kappa shape index (κ2) is 5.56. The van der Waals surface area contributed by atoms with Crippen LogP contribution in [0.4, 0.5) is 0 Å². The molecule has 0 aromatic heterocycles. The zero-order valence-corrected chi connectivity index (χ0v) is 7.89. The highest BCUT2D eigenvalue weighted by atomic mass is 16.1. The summed E-state index contributed by atoms with van der Waals surface area (Å²) in [4.78, 5) is 10.7. The van der Waals surface area contributed by atoms with E-state index in [2.05, 4.69) is 18.9 Å². The predicted octanol–water partition coefficient (Wildman–Crippen LogP) is 2.89. The second-order valence-corrected chi connectivity index (χ2v) is 2.94. The lowest BCUT2D eigenvalue weighted by Gasteiger charge is -2.09. The van der Waals surface area contributed by atoms with Crippen LogP contribution in [0.25, 0.3) is 0 Å². The van der Waals surface area contributed by atoms with Gasteiger partial charge in [-0.25, -0.2) is 0 Å². The van der Waals surface area contributed by atoms with Crippen LogP contribution in [0.2, 0.25) is 0 Å². The predicted molar refractivity (Wildman–Crippen MR) is 51.9 cm³/mol. The molecule has 0 saturated heterocycles. The van der Waals surface area contributed by atoms with Crippen molar-refractivity contribution in [1.29, 1.82) is 0 Å². The molecule has 0 N–H and O–H groups in total. The third-order valence-corrected chi connectivity index (χ3v) is 1.93. The largest absolute Gasteiger partial charge is 0.300 e. The summed E-state index contributed by atoms with van der Waals surface area (Å²) in [5.74, 6) is 0.477. The number of allylic oxidation sites excluding steroid dienone is 2. The summed E-state index contributed by atoms with van der Waals surface area (Å²) in [5, 5.41) is 0. The monoisotopic (exact) mass is 164 g/mol. The molecular formula is C11H16O. The van der Waals surface area contributed by atoms with Crippen LogP contribution >= 0.6 is 0 Å². The molecule has 1 unspecified atom stereocenters. The summed E-state index contributed by atoms with van der Waals surface area (Å²) in [6.45, 7) is 10.8. The van der Waals surface area contributed by atoms with Gasteiger partial charge in [0.25, 0.3) is 0 Å². The van der Waals surface area contributed by atoms with E-state index >= 15 is 0 Å². The fourth-order valence-corrected chi connectivity index (χ4v) is 1.00. The van der Waals surface area contributed by atoms with Gasteiger partial charge in [0, 0.05) is 12.3 Å². The molecule has 0 amide bonds. The van der Waals surface area contributed by atoms with E-state index < -0.39 is 0 Å². The summed E-state index contributed by atoms with van der Waals surface area (Å²) >= 11 is 0. The molecular weight excluding hydrogens is 148 g/mol. The molecule has 0 radical (unpaired) electrons. The number of ketones is 1. The molecule has 66 valence electrons. The van der Waals surface area contributed by atoms with Crippen LogP contribution in [-0.2, 0) is 4.79 Å². The summed E-state index contributed by atoms with van der Waals surface area (Å²) < 4.78 is 0. The zero-order valence-electron chi connectivity index (χ0n) is 7.89. The molecule has 0 saturated carbocycles. The topological polar surface area (TPSA) is 17.1 Å². The van der Waals surface area contributed by atoms with E-state index in [1.54, 1.807) is 6.92 Å². The van der Waals surface area contributed by atoms with Gasteiger partial charge in [0.15, 0.2) is 0 Å². The highest BCUT2D eigenvalue weighted by molar-refractivity contribution is 5.75.